The van der Waals surface area contributed by atoms with E-state index >= 15 is 0 Å². The number of nitrogens with one attached hydrogen (secondary N) is 1. The van der Waals surface area contributed by atoms with Crippen LogP contribution in [0, 0.1) is 5.92 Å². The summed E-state index contributed by atoms with van der Waals surface area (Å²) < 4.78 is 0. The Labute approximate surface area is 102 Å². The molecular weight excluding hydrogens is 212 g/mol. The molecule has 92 valence electrons. The third-order valence-electron chi connectivity index (χ3n) is 4.00. The molecule has 1 aromatic carbocycles. The maximum atomic E-state index is 10.3. The number of aliphatic hydroxyl groups is 1. The van der Waals surface area contributed by atoms with Crippen LogP contribution in [0.1, 0.15) is 30.2 Å². The average molecular weight is 232 g/mol. The molecular formula is C14H20N2O. The van der Waals surface area contributed by atoms with E-state index in [1.165, 1.54) is 18.4 Å². The van der Waals surface area contributed by atoms with E-state index in [0.29, 0.717) is 0 Å². The third-order valence-corrected chi connectivity index (χ3v) is 4.00. The lowest BCUT2D eigenvalue weighted by Gasteiger charge is -2.29. The van der Waals surface area contributed by atoms with Crippen molar-refractivity contribution in [2.75, 3.05) is 19.6 Å². The van der Waals surface area contributed by atoms with Crippen molar-refractivity contribution in [3.8, 4) is 0 Å². The Morgan fingerprint density at radius 1 is 1.24 bits per heavy atom. The maximum Gasteiger partial charge on any atom is 0.134 e. The summed E-state index contributed by atoms with van der Waals surface area (Å²) in [6, 6.07) is 8.24. The number of hydrogen-bond donors (Lipinski definition) is 2. The zero-order chi connectivity index (χ0) is 11.7. The molecule has 0 spiro atoms. The summed E-state index contributed by atoms with van der Waals surface area (Å²) in [7, 11) is 0. The van der Waals surface area contributed by atoms with Gasteiger partial charge in [0.15, 0.2) is 0 Å². The highest BCUT2D eigenvalue weighted by Gasteiger charge is 2.29. The number of fused-ring (bicyclic) bond motifs is 1. The Morgan fingerprint density at radius 3 is 2.76 bits per heavy atom. The standard InChI is InChI=1S/C14H20N2O/c17-14-13-4-2-1-3-12(13)10-16(14)9-11-5-7-15-8-6-11/h1-4,11,14-15,17H,5-10H2. The van der Waals surface area contributed by atoms with Gasteiger partial charge in [-0.15, -0.1) is 0 Å². The third kappa shape index (κ3) is 2.23. The van der Waals surface area contributed by atoms with E-state index in [1.807, 2.05) is 12.1 Å². The summed E-state index contributed by atoms with van der Waals surface area (Å²) in [5.41, 5.74) is 2.38. The number of aliphatic hydroxyl groups excluding tert-OH is 1. The first-order chi connectivity index (χ1) is 8.34. The zero-order valence-electron chi connectivity index (χ0n) is 10.1. The minimum absolute atomic E-state index is 0.388. The fraction of sp³-hybridized carbons (Fsp3) is 0.571. The average Bonchev–Trinajstić information content (AvgIpc) is 2.68. The van der Waals surface area contributed by atoms with E-state index in [-0.39, 0.29) is 6.23 Å². The highest BCUT2D eigenvalue weighted by atomic mass is 16.3. The lowest BCUT2D eigenvalue weighted by molar-refractivity contribution is 0.000409. The van der Waals surface area contributed by atoms with Crippen molar-refractivity contribution in [1.82, 2.24) is 10.2 Å². The molecule has 1 unspecified atom stereocenters. The monoisotopic (exact) mass is 232 g/mol. The molecule has 2 aliphatic heterocycles. The summed E-state index contributed by atoms with van der Waals surface area (Å²) in [6.07, 6.45) is 2.08. The summed E-state index contributed by atoms with van der Waals surface area (Å²) in [5.74, 6) is 0.736. The predicted octanol–water partition coefficient (Wildman–Crippen LogP) is 1.49. The lowest BCUT2D eigenvalue weighted by Crippen LogP contribution is -2.35. The van der Waals surface area contributed by atoms with Crippen LogP contribution in [0.15, 0.2) is 24.3 Å². The van der Waals surface area contributed by atoms with Gasteiger partial charge in [0.2, 0.25) is 0 Å². The highest BCUT2D eigenvalue weighted by molar-refractivity contribution is 5.32. The van der Waals surface area contributed by atoms with Crippen LogP contribution in [0.4, 0.5) is 0 Å². The molecule has 2 aliphatic rings. The van der Waals surface area contributed by atoms with Gasteiger partial charge < -0.3 is 10.4 Å². The normalized spacial score (nSPS) is 26.1. The van der Waals surface area contributed by atoms with Gasteiger partial charge in [-0.3, -0.25) is 4.90 Å². The van der Waals surface area contributed by atoms with Crippen LogP contribution >= 0.6 is 0 Å². The van der Waals surface area contributed by atoms with Crippen molar-refractivity contribution in [3.63, 3.8) is 0 Å². The van der Waals surface area contributed by atoms with Gasteiger partial charge in [-0.2, -0.15) is 0 Å². The number of nitrogens with zero attached hydrogens (tertiary/aromatic N) is 1. The van der Waals surface area contributed by atoms with Gasteiger partial charge >= 0.3 is 0 Å². The topological polar surface area (TPSA) is 35.5 Å². The quantitative estimate of drug-likeness (QED) is 0.811. The molecule has 1 fully saturated rings. The van der Waals surface area contributed by atoms with Crippen LogP contribution in [0.3, 0.4) is 0 Å². The van der Waals surface area contributed by atoms with Crippen molar-refractivity contribution in [1.29, 1.82) is 0 Å². The van der Waals surface area contributed by atoms with Gasteiger partial charge in [-0.05, 0) is 43.0 Å². The van der Waals surface area contributed by atoms with Crippen molar-refractivity contribution >= 4 is 0 Å². The minimum atomic E-state index is -0.388. The Morgan fingerprint density at radius 2 is 2.00 bits per heavy atom. The van der Waals surface area contributed by atoms with Crippen LogP contribution in [0.5, 0.6) is 0 Å². The van der Waals surface area contributed by atoms with Crippen LogP contribution in [0.2, 0.25) is 0 Å². The van der Waals surface area contributed by atoms with Crippen molar-refractivity contribution < 1.29 is 5.11 Å². The van der Waals surface area contributed by atoms with Crippen LogP contribution < -0.4 is 5.32 Å². The summed E-state index contributed by atoms with van der Waals surface area (Å²) in [5, 5.41) is 13.7. The number of hydrogen-bond acceptors (Lipinski definition) is 3. The van der Waals surface area contributed by atoms with Crippen LogP contribution in [-0.4, -0.2) is 29.6 Å². The second-order valence-electron chi connectivity index (χ2n) is 5.20. The molecule has 3 rings (SSSR count). The molecule has 1 aromatic rings. The molecule has 3 nitrogen and oxygen atoms in total. The van der Waals surface area contributed by atoms with E-state index in [9.17, 15) is 5.11 Å². The Hall–Kier alpha value is -0.900. The Kier molecular flexibility index (Phi) is 3.14. The summed E-state index contributed by atoms with van der Waals surface area (Å²) in [4.78, 5) is 2.21. The smallest absolute Gasteiger partial charge is 0.134 e. The molecule has 2 N–H and O–H groups in total. The van der Waals surface area contributed by atoms with E-state index in [1.54, 1.807) is 0 Å². The number of benzene rings is 1. The van der Waals surface area contributed by atoms with E-state index < -0.39 is 0 Å². The van der Waals surface area contributed by atoms with Crippen molar-refractivity contribution in [2.24, 2.45) is 5.92 Å². The van der Waals surface area contributed by atoms with Gasteiger partial charge in [0.25, 0.3) is 0 Å². The Balaban J connectivity index is 1.67. The minimum Gasteiger partial charge on any atom is -0.374 e. The fourth-order valence-corrected chi connectivity index (χ4v) is 2.99. The molecule has 0 saturated carbocycles. The van der Waals surface area contributed by atoms with Crippen molar-refractivity contribution in [3.05, 3.63) is 35.4 Å². The molecule has 0 bridgehead atoms. The highest BCUT2D eigenvalue weighted by Crippen LogP contribution is 2.32. The molecule has 1 saturated heterocycles. The second-order valence-corrected chi connectivity index (χ2v) is 5.20. The van der Waals surface area contributed by atoms with Crippen LogP contribution in [-0.2, 0) is 6.54 Å². The molecule has 2 heterocycles. The van der Waals surface area contributed by atoms with Gasteiger partial charge in [0.1, 0.15) is 6.23 Å². The van der Waals surface area contributed by atoms with Crippen LogP contribution in [0.25, 0.3) is 0 Å². The molecule has 17 heavy (non-hydrogen) atoms. The number of piperidine rings is 1. The van der Waals surface area contributed by atoms with E-state index in [2.05, 4.69) is 22.3 Å². The summed E-state index contributed by atoms with van der Waals surface area (Å²) >= 11 is 0. The van der Waals surface area contributed by atoms with E-state index in [4.69, 9.17) is 0 Å². The van der Waals surface area contributed by atoms with Gasteiger partial charge in [0.05, 0.1) is 0 Å². The first kappa shape index (κ1) is 11.2. The SMILES string of the molecule is OC1c2ccccc2CN1CC1CCNCC1. The fourth-order valence-electron chi connectivity index (χ4n) is 2.99. The van der Waals surface area contributed by atoms with Gasteiger partial charge in [-0.1, -0.05) is 24.3 Å². The van der Waals surface area contributed by atoms with Gasteiger partial charge in [0, 0.05) is 13.1 Å². The zero-order valence-corrected chi connectivity index (χ0v) is 10.1. The number of rotatable bonds is 2. The summed E-state index contributed by atoms with van der Waals surface area (Å²) in [6.45, 7) is 4.18. The Bertz CT molecular complexity index is 388. The maximum absolute atomic E-state index is 10.3. The first-order valence-corrected chi connectivity index (χ1v) is 6.55. The van der Waals surface area contributed by atoms with E-state index in [0.717, 1.165) is 37.7 Å². The second kappa shape index (κ2) is 4.77. The molecule has 0 amide bonds. The molecule has 0 aliphatic carbocycles. The van der Waals surface area contributed by atoms with Gasteiger partial charge in [-0.25, -0.2) is 0 Å². The van der Waals surface area contributed by atoms with Crippen molar-refractivity contribution in [2.45, 2.75) is 25.6 Å². The molecule has 3 heteroatoms. The molecule has 1 atom stereocenters. The molecule has 0 radical (unpaired) electrons. The largest absolute Gasteiger partial charge is 0.374 e. The molecule has 0 aromatic heterocycles. The lowest BCUT2D eigenvalue weighted by atomic mass is 9.97. The first-order valence-electron chi connectivity index (χ1n) is 6.55. The predicted molar refractivity (Wildman–Crippen MR) is 67.4 cm³/mol.